The molecule has 3 rings (SSSR count). The van der Waals surface area contributed by atoms with Crippen molar-refractivity contribution in [2.24, 2.45) is 0 Å². The van der Waals surface area contributed by atoms with Crippen LogP contribution in [0.4, 0.5) is 5.69 Å². The molecule has 1 saturated heterocycles. The fourth-order valence-electron chi connectivity index (χ4n) is 2.63. The molecule has 0 spiro atoms. The Morgan fingerprint density at radius 2 is 1.79 bits per heavy atom. The summed E-state index contributed by atoms with van der Waals surface area (Å²) in [5.41, 5.74) is 0.363. The second-order valence-electron chi connectivity index (χ2n) is 6.03. The first-order valence-electron chi connectivity index (χ1n) is 8.31. The van der Waals surface area contributed by atoms with Crippen LogP contribution in [0.5, 0.6) is 0 Å². The van der Waals surface area contributed by atoms with Crippen molar-refractivity contribution in [2.45, 2.75) is 22.8 Å². The minimum Gasteiger partial charge on any atom is -0.324 e. The summed E-state index contributed by atoms with van der Waals surface area (Å²) in [5.74, 6) is -0.234. The van der Waals surface area contributed by atoms with Crippen molar-refractivity contribution < 1.29 is 13.2 Å². The maximum Gasteiger partial charge on any atom is 0.244 e. The van der Waals surface area contributed by atoms with Crippen molar-refractivity contribution in [3.05, 3.63) is 45.5 Å². The highest BCUT2D eigenvalue weighted by molar-refractivity contribution is 7.99. The molecule has 1 aliphatic heterocycles. The normalized spacial score (nSPS) is 15.0. The van der Waals surface area contributed by atoms with Crippen molar-refractivity contribution in [3.8, 4) is 0 Å². The molecule has 1 N–H and O–H groups in total. The summed E-state index contributed by atoms with van der Waals surface area (Å²) in [4.78, 5) is 16.4. The number of hydrogen-bond donors (Lipinski definition) is 1. The number of anilines is 1. The Hall–Kier alpha value is -1.03. The van der Waals surface area contributed by atoms with Gasteiger partial charge >= 0.3 is 0 Å². The van der Waals surface area contributed by atoms with E-state index < -0.39 is 10.0 Å². The van der Waals surface area contributed by atoms with E-state index in [1.165, 1.54) is 40.5 Å². The van der Waals surface area contributed by atoms with Crippen LogP contribution in [0, 0.1) is 0 Å². The number of nitrogens with one attached hydrogen (secondary N) is 1. The second-order valence-corrected chi connectivity index (χ2v) is 10.2. The summed E-state index contributed by atoms with van der Waals surface area (Å²) in [7, 11) is -3.50. The zero-order valence-corrected chi connectivity index (χ0v) is 18.4. The van der Waals surface area contributed by atoms with E-state index >= 15 is 0 Å². The molecule has 2 aromatic rings. The number of aromatic nitrogens is 1. The summed E-state index contributed by atoms with van der Waals surface area (Å²) < 4.78 is 26.4. The number of carbonyl (C=O) groups excluding carboxylic acids is 1. The van der Waals surface area contributed by atoms with Crippen molar-refractivity contribution >= 4 is 68.2 Å². The Balaban J connectivity index is 1.59. The van der Waals surface area contributed by atoms with E-state index in [9.17, 15) is 13.2 Å². The van der Waals surface area contributed by atoms with Gasteiger partial charge in [0.1, 0.15) is 4.90 Å². The number of rotatable bonds is 6. The molecule has 150 valence electrons. The maximum absolute atomic E-state index is 12.5. The van der Waals surface area contributed by atoms with Gasteiger partial charge in [-0.15, -0.1) is 0 Å². The molecule has 0 unspecified atom stereocenters. The molecule has 1 aromatic heterocycles. The van der Waals surface area contributed by atoms with Crippen LogP contribution in [0.1, 0.15) is 12.8 Å². The molecule has 0 atom stereocenters. The third-order valence-corrected chi connectivity index (χ3v) is 7.91. The van der Waals surface area contributed by atoms with Gasteiger partial charge in [0.2, 0.25) is 15.9 Å². The fourth-order valence-corrected chi connectivity index (χ4v) is 5.33. The van der Waals surface area contributed by atoms with Gasteiger partial charge in [-0.1, -0.05) is 46.6 Å². The van der Waals surface area contributed by atoms with Crippen LogP contribution in [0.15, 0.2) is 40.4 Å². The SMILES string of the molecule is O=C(CSc1ccc(S(=O)(=O)N2CCCC2)cn1)Nc1cc(Cl)c(Cl)cc1Cl. The highest BCUT2D eigenvalue weighted by Crippen LogP contribution is 2.32. The molecule has 1 aliphatic rings. The van der Waals surface area contributed by atoms with E-state index in [1.807, 2.05) is 0 Å². The minimum absolute atomic E-state index is 0.0712. The quantitative estimate of drug-likeness (QED) is 0.484. The van der Waals surface area contributed by atoms with E-state index in [0.717, 1.165) is 12.8 Å². The zero-order chi connectivity index (χ0) is 20.3. The first-order chi connectivity index (χ1) is 13.3. The van der Waals surface area contributed by atoms with Gasteiger partial charge < -0.3 is 5.32 Å². The third-order valence-electron chi connectivity index (χ3n) is 4.05. The first kappa shape index (κ1) is 21.7. The molecule has 0 saturated carbocycles. The average Bonchev–Trinajstić information content (AvgIpc) is 3.20. The molecule has 1 fully saturated rings. The lowest BCUT2D eigenvalue weighted by Crippen LogP contribution is -2.27. The third kappa shape index (κ3) is 5.11. The number of hydrogen-bond acceptors (Lipinski definition) is 5. The predicted octanol–water partition coefficient (Wildman–Crippen LogP) is 4.56. The molecular formula is C17H16Cl3N3O3S2. The van der Waals surface area contributed by atoms with Crippen LogP contribution in [0.3, 0.4) is 0 Å². The molecule has 0 aliphatic carbocycles. The number of nitrogens with zero attached hydrogens (tertiary/aromatic N) is 2. The van der Waals surface area contributed by atoms with Crippen molar-refractivity contribution in [3.63, 3.8) is 0 Å². The van der Waals surface area contributed by atoms with Gasteiger partial charge in [0.25, 0.3) is 0 Å². The van der Waals surface area contributed by atoms with E-state index in [2.05, 4.69) is 10.3 Å². The number of halogens is 3. The van der Waals surface area contributed by atoms with Crippen LogP contribution in [-0.2, 0) is 14.8 Å². The highest BCUT2D eigenvalue weighted by Gasteiger charge is 2.27. The van der Waals surface area contributed by atoms with Crippen molar-refractivity contribution in [1.82, 2.24) is 9.29 Å². The Bertz CT molecular complexity index is 979. The van der Waals surface area contributed by atoms with E-state index in [-0.39, 0.29) is 26.6 Å². The number of thioether (sulfide) groups is 1. The summed E-state index contributed by atoms with van der Waals surface area (Å²) in [5, 5.41) is 4.05. The van der Waals surface area contributed by atoms with E-state index in [1.54, 1.807) is 6.07 Å². The molecule has 0 radical (unpaired) electrons. The van der Waals surface area contributed by atoms with Gasteiger partial charge in [0, 0.05) is 19.3 Å². The average molecular weight is 481 g/mol. The van der Waals surface area contributed by atoms with Crippen LogP contribution in [0.25, 0.3) is 0 Å². The van der Waals surface area contributed by atoms with Gasteiger partial charge in [-0.25, -0.2) is 13.4 Å². The number of amides is 1. The van der Waals surface area contributed by atoms with Gasteiger partial charge in [-0.3, -0.25) is 4.79 Å². The molecular weight excluding hydrogens is 465 g/mol. The minimum atomic E-state index is -3.50. The smallest absolute Gasteiger partial charge is 0.244 e. The largest absolute Gasteiger partial charge is 0.324 e. The molecule has 1 aromatic carbocycles. The van der Waals surface area contributed by atoms with Gasteiger partial charge in [-0.2, -0.15) is 4.31 Å². The molecule has 0 bridgehead atoms. The first-order valence-corrected chi connectivity index (χ1v) is 11.9. The Labute approximate surface area is 182 Å². The molecule has 6 nitrogen and oxygen atoms in total. The van der Waals surface area contributed by atoms with Crippen LogP contribution in [0.2, 0.25) is 15.1 Å². The molecule has 28 heavy (non-hydrogen) atoms. The number of benzene rings is 1. The van der Waals surface area contributed by atoms with E-state index in [4.69, 9.17) is 34.8 Å². The second kappa shape index (κ2) is 9.19. The molecule has 1 amide bonds. The Kier molecular flexibility index (Phi) is 7.12. The lowest BCUT2D eigenvalue weighted by Gasteiger charge is -2.15. The van der Waals surface area contributed by atoms with Crippen molar-refractivity contribution in [1.29, 1.82) is 0 Å². The van der Waals surface area contributed by atoms with Gasteiger partial charge in [-0.05, 0) is 37.1 Å². The van der Waals surface area contributed by atoms with Crippen LogP contribution in [-0.4, -0.2) is 42.5 Å². The Morgan fingerprint density at radius 1 is 1.11 bits per heavy atom. The lowest BCUT2D eigenvalue weighted by atomic mass is 10.3. The lowest BCUT2D eigenvalue weighted by molar-refractivity contribution is -0.113. The van der Waals surface area contributed by atoms with E-state index in [0.29, 0.717) is 28.8 Å². The summed E-state index contributed by atoms with van der Waals surface area (Å²) in [6.07, 6.45) is 3.07. The predicted molar refractivity (Wildman–Crippen MR) is 113 cm³/mol. The maximum atomic E-state index is 12.5. The van der Waals surface area contributed by atoms with Crippen LogP contribution < -0.4 is 5.32 Å². The topological polar surface area (TPSA) is 79.4 Å². The number of pyridine rings is 1. The van der Waals surface area contributed by atoms with Gasteiger partial charge in [0.05, 0.1) is 31.5 Å². The van der Waals surface area contributed by atoms with Gasteiger partial charge in [0.15, 0.2) is 0 Å². The van der Waals surface area contributed by atoms with Crippen LogP contribution >= 0.6 is 46.6 Å². The summed E-state index contributed by atoms with van der Waals surface area (Å²) in [6, 6.07) is 6.03. The molecule has 11 heteroatoms. The Morgan fingerprint density at radius 3 is 2.43 bits per heavy atom. The highest BCUT2D eigenvalue weighted by atomic mass is 35.5. The summed E-state index contributed by atoms with van der Waals surface area (Å²) in [6.45, 7) is 1.08. The molecule has 2 heterocycles. The van der Waals surface area contributed by atoms with Crippen molar-refractivity contribution in [2.75, 3.05) is 24.2 Å². The zero-order valence-electron chi connectivity index (χ0n) is 14.5. The number of carbonyl (C=O) groups is 1. The number of sulfonamides is 1. The summed E-state index contributed by atoms with van der Waals surface area (Å²) >= 11 is 19.0. The standard InChI is InChI=1S/C17H16Cl3N3O3S2/c18-12-7-14(20)15(8-13(12)19)22-16(24)10-27-17-4-3-11(9-21-17)28(25,26)23-5-1-2-6-23/h3-4,7-9H,1-2,5-6,10H2,(H,22,24). The monoisotopic (exact) mass is 479 g/mol. The fraction of sp³-hybridized carbons (Fsp3) is 0.294.